The van der Waals surface area contributed by atoms with Crippen LogP contribution in [0.5, 0.6) is 0 Å². The Bertz CT molecular complexity index is 1170. The average Bonchev–Trinajstić information content (AvgIpc) is 3.14. The fourth-order valence-electron chi connectivity index (χ4n) is 3.47. The molecule has 3 aromatic carbocycles. The first-order valence-corrected chi connectivity index (χ1v) is 8.50. The molecule has 0 N–H and O–H groups in total. The summed E-state index contributed by atoms with van der Waals surface area (Å²) in [6.45, 7) is 0. The molecule has 0 saturated carbocycles. The van der Waals surface area contributed by atoms with Gasteiger partial charge in [-0.1, -0.05) is 34.7 Å². The number of hydrogen-bond acceptors (Lipinski definition) is 2. The van der Waals surface area contributed by atoms with E-state index < -0.39 is 0 Å². The molecule has 0 saturated heterocycles. The highest BCUT2D eigenvalue weighted by Crippen LogP contribution is 2.26. The lowest BCUT2D eigenvalue weighted by molar-refractivity contribution is -0.567. The van der Waals surface area contributed by atoms with E-state index in [1.54, 1.807) is 72.8 Å². The van der Waals surface area contributed by atoms with Gasteiger partial charge in [-0.05, 0) is 48.5 Å². The fourth-order valence-corrected chi connectivity index (χ4v) is 3.47. The molecular weight excluding hydrogens is 360 g/mol. The Morgan fingerprint density at radius 2 is 0.929 bits per heavy atom. The number of rotatable bonds is 2. The van der Waals surface area contributed by atoms with Gasteiger partial charge in [0.15, 0.2) is 11.0 Å². The van der Waals surface area contributed by atoms with E-state index in [0.29, 0.717) is 30.0 Å². The Balaban J connectivity index is 1.65. The number of fused-ring (bicyclic) bond motifs is 2. The van der Waals surface area contributed by atoms with Crippen LogP contribution < -0.4 is 9.46 Å². The topological polar surface area (TPSA) is 104 Å². The summed E-state index contributed by atoms with van der Waals surface area (Å²) in [4.78, 5) is 0. The number of nitrogens with zero attached hydrogens (tertiary/aromatic N) is 4. The van der Waals surface area contributed by atoms with E-state index in [4.69, 9.17) is 0 Å². The molecule has 5 aromatic rings. The highest BCUT2D eigenvalue weighted by atomic mass is 16.5. The molecule has 0 aliphatic heterocycles. The Labute approximate surface area is 158 Å². The van der Waals surface area contributed by atoms with Crippen LogP contribution in [0.3, 0.4) is 0 Å². The molecule has 5 rings (SSSR count). The number of aromatic nitrogens is 4. The number of para-hydroxylation sites is 4. The van der Waals surface area contributed by atoms with Gasteiger partial charge in [-0.3, -0.25) is 0 Å². The van der Waals surface area contributed by atoms with Gasteiger partial charge < -0.3 is 10.4 Å². The van der Waals surface area contributed by atoms with E-state index in [9.17, 15) is 20.8 Å². The van der Waals surface area contributed by atoms with Crippen LogP contribution in [-0.4, -0.2) is 9.46 Å². The van der Waals surface area contributed by atoms with Gasteiger partial charge in [-0.2, -0.15) is 0 Å². The standard InChI is InChI=1S/C20H12N4O4/c25-21-15-5-1-2-6-16(15)22(26)19(21)13-9-11-14(12-10-13)20-23(27)17-7-3-4-8-18(17)24(20)28/h1-12H. The lowest BCUT2D eigenvalue weighted by atomic mass is 10.1. The van der Waals surface area contributed by atoms with Gasteiger partial charge in [0.1, 0.15) is 0 Å². The third kappa shape index (κ3) is 2.05. The molecule has 2 radical (unpaired) electrons. The number of benzene rings is 3. The number of imidazole rings is 2. The van der Waals surface area contributed by atoms with Crippen LogP contribution in [-0.2, 0) is 10.4 Å². The summed E-state index contributed by atoms with van der Waals surface area (Å²) in [7, 11) is 0. The average molecular weight is 372 g/mol. The first-order chi connectivity index (χ1) is 13.6. The molecule has 2 heterocycles. The van der Waals surface area contributed by atoms with Crippen molar-refractivity contribution in [3.63, 3.8) is 0 Å². The van der Waals surface area contributed by atoms with Crippen LogP contribution >= 0.6 is 0 Å². The van der Waals surface area contributed by atoms with Gasteiger partial charge >= 0.3 is 11.6 Å². The summed E-state index contributed by atoms with van der Waals surface area (Å²) in [5.74, 6) is -0.129. The zero-order valence-corrected chi connectivity index (χ0v) is 14.4. The van der Waals surface area contributed by atoms with E-state index in [-0.39, 0.29) is 33.7 Å². The molecule has 0 aliphatic carbocycles. The lowest BCUT2D eigenvalue weighted by Gasteiger charge is -2.04. The monoisotopic (exact) mass is 372 g/mol. The Kier molecular flexibility index (Phi) is 3.23. The van der Waals surface area contributed by atoms with Gasteiger partial charge in [0.2, 0.25) is 11.0 Å². The molecule has 136 valence electrons. The minimum Gasteiger partial charge on any atom is -0.710 e. The Morgan fingerprint density at radius 1 is 0.571 bits per heavy atom. The molecule has 0 aliphatic rings. The summed E-state index contributed by atoms with van der Waals surface area (Å²) >= 11 is 0. The van der Waals surface area contributed by atoms with Crippen LogP contribution in [0.1, 0.15) is 0 Å². The predicted octanol–water partition coefficient (Wildman–Crippen LogP) is 2.58. The summed E-state index contributed by atoms with van der Waals surface area (Å²) < 4.78 is 2.32. The van der Waals surface area contributed by atoms with Crippen molar-refractivity contribution in [1.29, 1.82) is 0 Å². The van der Waals surface area contributed by atoms with Crippen LogP contribution in [0.2, 0.25) is 0 Å². The molecule has 0 bridgehead atoms. The van der Waals surface area contributed by atoms with Crippen LogP contribution in [0.25, 0.3) is 44.8 Å². The molecule has 0 atom stereocenters. The minimum atomic E-state index is -0.0644. The predicted molar refractivity (Wildman–Crippen MR) is 98.4 cm³/mol. The summed E-state index contributed by atoms with van der Waals surface area (Å²) in [5.41, 5.74) is 1.86. The van der Waals surface area contributed by atoms with E-state index in [1.807, 2.05) is 0 Å². The third-order valence-electron chi connectivity index (χ3n) is 4.81. The molecule has 0 unspecified atom stereocenters. The second-order valence-corrected chi connectivity index (χ2v) is 6.38. The minimum absolute atomic E-state index is 0.0644. The van der Waals surface area contributed by atoms with Crippen molar-refractivity contribution in [3.05, 3.63) is 83.2 Å². The normalized spacial score (nSPS) is 11.4. The lowest BCUT2D eigenvalue weighted by Crippen LogP contribution is -2.28. The van der Waals surface area contributed by atoms with E-state index >= 15 is 0 Å². The zero-order valence-electron chi connectivity index (χ0n) is 14.4. The van der Waals surface area contributed by atoms with Crippen LogP contribution in [0, 0.1) is 10.4 Å². The van der Waals surface area contributed by atoms with Crippen molar-refractivity contribution < 1.29 is 19.9 Å². The summed E-state index contributed by atoms with van der Waals surface area (Å²) in [6.07, 6.45) is 0. The molecule has 0 amide bonds. The molecular formula is C20H12N4O4. The fraction of sp³-hybridized carbons (Fsp3) is 0. The third-order valence-corrected chi connectivity index (χ3v) is 4.81. The van der Waals surface area contributed by atoms with E-state index in [0.717, 1.165) is 0 Å². The van der Waals surface area contributed by atoms with E-state index in [2.05, 4.69) is 0 Å². The zero-order chi connectivity index (χ0) is 19.4. The van der Waals surface area contributed by atoms with E-state index in [1.165, 1.54) is 0 Å². The second kappa shape index (κ2) is 5.65. The maximum Gasteiger partial charge on any atom is 0.337 e. The highest BCUT2D eigenvalue weighted by molar-refractivity contribution is 5.77. The van der Waals surface area contributed by atoms with Crippen LogP contribution in [0.4, 0.5) is 0 Å². The number of hydrogen-bond donors (Lipinski definition) is 0. The van der Waals surface area contributed by atoms with Crippen molar-refractivity contribution in [2.75, 3.05) is 0 Å². The Hall–Kier alpha value is -4.20. The van der Waals surface area contributed by atoms with Crippen molar-refractivity contribution in [3.8, 4) is 22.8 Å². The molecule has 0 spiro atoms. The van der Waals surface area contributed by atoms with Gasteiger partial charge in [0.05, 0.1) is 11.1 Å². The smallest absolute Gasteiger partial charge is 0.337 e. The van der Waals surface area contributed by atoms with Gasteiger partial charge in [-0.25, -0.2) is 9.46 Å². The first kappa shape index (κ1) is 16.0. The highest BCUT2D eigenvalue weighted by Gasteiger charge is 2.27. The quantitative estimate of drug-likeness (QED) is 0.351. The van der Waals surface area contributed by atoms with Gasteiger partial charge in [0.25, 0.3) is 0 Å². The summed E-state index contributed by atoms with van der Waals surface area (Å²) in [5, 5.41) is 50.1. The van der Waals surface area contributed by atoms with Crippen LogP contribution in [0.15, 0.2) is 72.8 Å². The molecule has 8 nitrogen and oxygen atoms in total. The Morgan fingerprint density at radius 3 is 1.29 bits per heavy atom. The SMILES string of the molecule is [O]n1c(-c2ccc(-c3n([O])c4ccccc4[n+]3[O-])cc2)[n+]([O-])c2ccccc21. The molecule has 0 fully saturated rings. The maximum absolute atomic E-state index is 12.5. The largest absolute Gasteiger partial charge is 0.710 e. The molecule has 2 aromatic heterocycles. The maximum atomic E-state index is 12.5. The summed E-state index contributed by atoms with van der Waals surface area (Å²) in [6, 6.07) is 19.2. The van der Waals surface area contributed by atoms with Crippen molar-refractivity contribution in [2.45, 2.75) is 0 Å². The molecule has 28 heavy (non-hydrogen) atoms. The van der Waals surface area contributed by atoms with Crippen molar-refractivity contribution >= 4 is 22.1 Å². The van der Waals surface area contributed by atoms with Crippen molar-refractivity contribution in [2.24, 2.45) is 0 Å². The van der Waals surface area contributed by atoms with Gasteiger partial charge in [0, 0.05) is 9.46 Å². The first-order valence-electron chi connectivity index (χ1n) is 8.50. The van der Waals surface area contributed by atoms with Crippen molar-refractivity contribution in [1.82, 2.24) is 9.46 Å². The molecule has 8 heteroatoms. The van der Waals surface area contributed by atoms with Gasteiger partial charge in [-0.15, -0.1) is 0 Å². The second-order valence-electron chi connectivity index (χ2n) is 6.38.